The predicted molar refractivity (Wildman–Crippen MR) is 104 cm³/mol. The molecule has 7 heteroatoms. The summed E-state index contributed by atoms with van der Waals surface area (Å²) >= 11 is 0. The lowest BCUT2D eigenvalue weighted by Crippen LogP contribution is -2.49. The van der Waals surface area contributed by atoms with Crippen molar-refractivity contribution < 1.29 is 4.52 Å². The largest absolute Gasteiger partial charge is 0.361 e. The second-order valence-electron chi connectivity index (χ2n) is 6.65. The maximum Gasteiger partial charge on any atom is 0.191 e. The summed E-state index contributed by atoms with van der Waals surface area (Å²) in [5, 5.41) is 10.9. The van der Waals surface area contributed by atoms with E-state index in [1.54, 1.807) is 0 Å². The van der Waals surface area contributed by atoms with Gasteiger partial charge in [0.25, 0.3) is 0 Å². The summed E-state index contributed by atoms with van der Waals surface area (Å²) in [5.41, 5.74) is 2.14. The number of nitrogens with zero attached hydrogens (tertiary/aromatic N) is 4. The number of hydrogen-bond acceptors (Lipinski definition) is 5. The summed E-state index contributed by atoms with van der Waals surface area (Å²) in [6, 6.07) is 6.50. The normalized spacial score (nSPS) is 16.0. The van der Waals surface area contributed by atoms with Gasteiger partial charge in [-0.05, 0) is 45.2 Å². The number of aliphatic imine (C=N–C) groups is 1. The summed E-state index contributed by atoms with van der Waals surface area (Å²) in [5.74, 6) is 2.81. The van der Waals surface area contributed by atoms with Gasteiger partial charge in [0, 0.05) is 44.5 Å². The number of aromatic nitrogens is 2. The van der Waals surface area contributed by atoms with Crippen LogP contribution in [0.3, 0.4) is 0 Å². The molecule has 7 nitrogen and oxygen atoms in total. The van der Waals surface area contributed by atoms with Gasteiger partial charge in [0.1, 0.15) is 11.6 Å². The Bertz CT molecular complexity index is 699. The van der Waals surface area contributed by atoms with Crippen LogP contribution >= 0.6 is 0 Å². The summed E-state index contributed by atoms with van der Waals surface area (Å²) in [6.45, 7) is 6.75. The standard InChI is InChI=1S/C19H28N6O/c1-14-17(15(2)26-24-14)7-11-22-19(20-3)23-16-8-12-25(13-9-16)18-6-4-5-10-21-18/h4-6,10,16H,7-9,11-13H2,1-3H3,(H2,20,22,23). The molecule has 1 saturated heterocycles. The van der Waals surface area contributed by atoms with E-state index in [2.05, 4.69) is 36.7 Å². The van der Waals surface area contributed by atoms with E-state index in [1.807, 2.05) is 39.2 Å². The first-order valence-corrected chi connectivity index (χ1v) is 9.22. The third-order valence-corrected chi connectivity index (χ3v) is 4.88. The first-order valence-electron chi connectivity index (χ1n) is 9.22. The number of pyridine rings is 1. The molecule has 0 bridgehead atoms. The van der Waals surface area contributed by atoms with Crippen LogP contribution in [0.5, 0.6) is 0 Å². The second kappa shape index (κ2) is 8.69. The highest BCUT2D eigenvalue weighted by molar-refractivity contribution is 5.80. The maximum absolute atomic E-state index is 5.21. The molecule has 3 rings (SSSR count). The Labute approximate surface area is 154 Å². The molecule has 2 aromatic rings. The van der Waals surface area contributed by atoms with E-state index in [0.29, 0.717) is 6.04 Å². The fourth-order valence-corrected chi connectivity index (χ4v) is 3.35. The van der Waals surface area contributed by atoms with Crippen molar-refractivity contribution in [2.75, 3.05) is 31.6 Å². The van der Waals surface area contributed by atoms with Crippen LogP contribution in [-0.2, 0) is 6.42 Å². The molecule has 1 fully saturated rings. The highest BCUT2D eigenvalue weighted by Gasteiger charge is 2.20. The van der Waals surface area contributed by atoms with E-state index in [0.717, 1.165) is 62.1 Å². The Morgan fingerprint density at radius 3 is 2.73 bits per heavy atom. The fourth-order valence-electron chi connectivity index (χ4n) is 3.35. The van der Waals surface area contributed by atoms with Gasteiger partial charge in [-0.25, -0.2) is 4.98 Å². The number of guanidine groups is 1. The van der Waals surface area contributed by atoms with Crippen LogP contribution in [0.15, 0.2) is 33.9 Å². The van der Waals surface area contributed by atoms with Crippen LogP contribution < -0.4 is 15.5 Å². The van der Waals surface area contributed by atoms with E-state index >= 15 is 0 Å². The minimum atomic E-state index is 0.431. The average Bonchev–Trinajstić information content (AvgIpc) is 3.00. The Balaban J connectivity index is 1.43. The van der Waals surface area contributed by atoms with Crippen molar-refractivity contribution in [2.45, 2.75) is 39.2 Å². The predicted octanol–water partition coefficient (Wildman–Crippen LogP) is 2.06. The lowest BCUT2D eigenvalue weighted by molar-refractivity contribution is 0.392. The third kappa shape index (κ3) is 4.53. The highest BCUT2D eigenvalue weighted by atomic mass is 16.5. The van der Waals surface area contributed by atoms with Gasteiger partial charge in [-0.2, -0.15) is 0 Å². The van der Waals surface area contributed by atoms with Crippen LogP contribution in [0, 0.1) is 13.8 Å². The Hall–Kier alpha value is -2.57. The Morgan fingerprint density at radius 1 is 1.31 bits per heavy atom. The number of rotatable bonds is 5. The van der Waals surface area contributed by atoms with E-state index in [4.69, 9.17) is 4.52 Å². The van der Waals surface area contributed by atoms with Crippen LogP contribution in [-0.4, -0.2) is 48.8 Å². The molecule has 0 amide bonds. The third-order valence-electron chi connectivity index (χ3n) is 4.88. The molecule has 0 spiro atoms. The number of anilines is 1. The van der Waals surface area contributed by atoms with Gasteiger partial charge in [-0.1, -0.05) is 11.2 Å². The molecule has 0 atom stereocenters. The topological polar surface area (TPSA) is 78.6 Å². The van der Waals surface area contributed by atoms with E-state index in [9.17, 15) is 0 Å². The summed E-state index contributed by atoms with van der Waals surface area (Å²) in [6.07, 6.45) is 4.87. The smallest absolute Gasteiger partial charge is 0.191 e. The number of aryl methyl sites for hydroxylation is 2. The number of hydrogen-bond donors (Lipinski definition) is 2. The van der Waals surface area contributed by atoms with Crippen molar-refractivity contribution in [3.05, 3.63) is 41.4 Å². The van der Waals surface area contributed by atoms with Crippen LogP contribution in [0.1, 0.15) is 29.9 Å². The molecule has 1 aliphatic heterocycles. The van der Waals surface area contributed by atoms with Crippen LogP contribution in [0.25, 0.3) is 0 Å². The van der Waals surface area contributed by atoms with Crippen molar-refractivity contribution >= 4 is 11.8 Å². The number of nitrogens with one attached hydrogen (secondary N) is 2. The van der Waals surface area contributed by atoms with Gasteiger partial charge in [-0.15, -0.1) is 0 Å². The maximum atomic E-state index is 5.21. The first-order chi connectivity index (χ1) is 12.7. The average molecular weight is 356 g/mol. The molecule has 0 unspecified atom stereocenters. The molecule has 3 heterocycles. The first kappa shape index (κ1) is 18.2. The highest BCUT2D eigenvalue weighted by Crippen LogP contribution is 2.17. The molecule has 0 saturated carbocycles. The lowest BCUT2D eigenvalue weighted by atomic mass is 10.1. The van der Waals surface area contributed by atoms with Gasteiger partial charge in [0.05, 0.1) is 5.69 Å². The quantitative estimate of drug-likeness (QED) is 0.631. The lowest BCUT2D eigenvalue weighted by Gasteiger charge is -2.33. The van der Waals surface area contributed by atoms with E-state index in [-0.39, 0.29) is 0 Å². The van der Waals surface area contributed by atoms with Gasteiger partial charge in [0.15, 0.2) is 5.96 Å². The molecule has 0 aliphatic carbocycles. The fraction of sp³-hybridized carbons (Fsp3) is 0.526. The summed E-state index contributed by atoms with van der Waals surface area (Å²) in [4.78, 5) is 11.1. The van der Waals surface area contributed by atoms with Crippen LogP contribution in [0.4, 0.5) is 5.82 Å². The Morgan fingerprint density at radius 2 is 2.12 bits per heavy atom. The molecule has 140 valence electrons. The van der Waals surface area contributed by atoms with E-state index < -0.39 is 0 Å². The SMILES string of the molecule is CN=C(NCCc1c(C)noc1C)NC1CCN(c2ccccn2)CC1. The monoisotopic (exact) mass is 356 g/mol. The zero-order chi connectivity index (χ0) is 18.4. The summed E-state index contributed by atoms with van der Waals surface area (Å²) in [7, 11) is 1.81. The second-order valence-corrected chi connectivity index (χ2v) is 6.65. The van der Waals surface area contributed by atoms with E-state index in [1.165, 1.54) is 5.56 Å². The number of piperidine rings is 1. The molecule has 2 N–H and O–H groups in total. The van der Waals surface area contributed by atoms with Crippen molar-refractivity contribution in [3.8, 4) is 0 Å². The minimum Gasteiger partial charge on any atom is -0.361 e. The molecule has 26 heavy (non-hydrogen) atoms. The molecule has 2 aromatic heterocycles. The van der Waals surface area contributed by atoms with Crippen molar-refractivity contribution in [3.63, 3.8) is 0 Å². The van der Waals surface area contributed by atoms with Crippen molar-refractivity contribution in [2.24, 2.45) is 4.99 Å². The van der Waals surface area contributed by atoms with Crippen molar-refractivity contribution in [1.29, 1.82) is 0 Å². The molecular weight excluding hydrogens is 328 g/mol. The molecule has 0 radical (unpaired) electrons. The molecule has 0 aromatic carbocycles. The molecular formula is C19H28N6O. The molecule has 1 aliphatic rings. The summed E-state index contributed by atoms with van der Waals surface area (Å²) < 4.78 is 5.21. The van der Waals surface area contributed by atoms with Gasteiger partial charge in [0.2, 0.25) is 0 Å². The van der Waals surface area contributed by atoms with Gasteiger partial charge >= 0.3 is 0 Å². The van der Waals surface area contributed by atoms with Crippen LogP contribution in [0.2, 0.25) is 0 Å². The van der Waals surface area contributed by atoms with Gasteiger partial charge in [-0.3, -0.25) is 4.99 Å². The van der Waals surface area contributed by atoms with Gasteiger partial charge < -0.3 is 20.1 Å². The Kier molecular flexibility index (Phi) is 6.09. The minimum absolute atomic E-state index is 0.431. The zero-order valence-electron chi connectivity index (χ0n) is 15.8. The zero-order valence-corrected chi connectivity index (χ0v) is 15.8. The van der Waals surface area contributed by atoms with Crippen molar-refractivity contribution in [1.82, 2.24) is 20.8 Å².